The van der Waals surface area contributed by atoms with Gasteiger partial charge in [0, 0.05) is 23.7 Å². The van der Waals surface area contributed by atoms with Crippen molar-refractivity contribution < 1.29 is 0 Å². The summed E-state index contributed by atoms with van der Waals surface area (Å²) in [5.41, 5.74) is 3.01. The van der Waals surface area contributed by atoms with Crippen LogP contribution in [0.5, 0.6) is 0 Å². The molecular formula is C16H20N2S. The number of fused-ring (bicyclic) bond motifs is 1. The summed E-state index contributed by atoms with van der Waals surface area (Å²) in [6.45, 7) is 3.00. The van der Waals surface area contributed by atoms with Crippen molar-refractivity contribution in [3.8, 4) is 0 Å². The molecule has 1 aromatic heterocycles. The van der Waals surface area contributed by atoms with Gasteiger partial charge < -0.3 is 5.32 Å². The van der Waals surface area contributed by atoms with Gasteiger partial charge in [0.15, 0.2) is 0 Å². The van der Waals surface area contributed by atoms with E-state index in [1.807, 2.05) is 6.20 Å². The third kappa shape index (κ3) is 3.04. The number of thiazole rings is 1. The highest BCUT2D eigenvalue weighted by Crippen LogP contribution is 2.28. The summed E-state index contributed by atoms with van der Waals surface area (Å²) in [5.74, 6) is 0. The molecule has 0 fully saturated rings. The quantitative estimate of drug-likeness (QED) is 0.854. The number of aryl methyl sites for hydroxylation is 2. The zero-order valence-corrected chi connectivity index (χ0v) is 12.2. The minimum absolute atomic E-state index is 0.489. The SMILES string of the molecule is Cc1cnc(CNC2CCCCc3ccccc32)s1. The molecule has 1 atom stereocenters. The van der Waals surface area contributed by atoms with Crippen molar-refractivity contribution in [1.29, 1.82) is 0 Å². The van der Waals surface area contributed by atoms with Gasteiger partial charge in [0.25, 0.3) is 0 Å². The number of hydrogen-bond acceptors (Lipinski definition) is 3. The molecule has 19 heavy (non-hydrogen) atoms. The average Bonchev–Trinajstić information content (AvgIpc) is 2.73. The number of nitrogens with one attached hydrogen (secondary N) is 1. The molecule has 1 N–H and O–H groups in total. The molecule has 0 saturated carbocycles. The van der Waals surface area contributed by atoms with E-state index in [4.69, 9.17) is 0 Å². The van der Waals surface area contributed by atoms with Crippen molar-refractivity contribution in [2.45, 2.75) is 45.2 Å². The van der Waals surface area contributed by atoms with Crippen LogP contribution < -0.4 is 5.32 Å². The monoisotopic (exact) mass is 272 g/mol. The summed E-state index contributed by atoms with van der Waals surface area (Å²) in [6.07, 6.45) is 7.05. The van der Waals surface area contributed by atoms with Crippen molar-refractivity contribution in [2.75, 3.05) is 0 Å². The molecule has 0 radical (unpaired) electrons. The lowest BCUT2D eigenvalue weighted by Crippen LogP contribution is -2.21. The van der Waals surface area contributed by atoms with E-state index in [0.29, 0.717) is 6.04 Å². The Bertz CT molecular complexity index is 547. The zero-order valence-electron chi connectivity index (χ0n) is 11.4. The molecule has 2 aromatic rings. The Morgan fingerprint density at radius 2 is 2.21 bits per heavy atom. The molecule has 0 aliphatic heterocycles. The predicted molar refractivity (Wildman–Crippen MR) is 80.4 cm³/mol. The summed E-state index contributed by atoms with van der Waals surface area (Å²) in [5, 5.41) is 4.89. The molecule has 0 saturated heterocycles. The van der Waals surface area contributed by atoms with E-state index in [1.54, 1.807) is 11.3 Å². The van der Waals surface area contributed by atoms with Crippen molar-refractivity contribution >= 4 is 11.3 Å². The first-order valence-corrected chi connectivity index (χ1v) is 7.87. The molecule has 1 aliphatic rings. The number of hydrogen-bond donors (Lipinski definition) is 1. The van der Waals surface area contributed by atoms with Crippen LogP contribution in [0.3, 0.4) is 0 Å². The van der Waals surface area contributed by atoms with Gasteiger partial charge in [-0.1, -0.05) is 30.7 Å². The normalized spacial score (nSPS) is 18.9. The Morgan fingerprint density at radius 1 is 1.32 bits per heavy atom. The van der Waals surface area contributed by atoms with E-state index < -0.39 is 0 Å². The smallest absolute Gasteiger partial charge is 0.107 e. The van der Waals surface area contributed by atoms with E-state index in [1.165, 1.54) is 46.7 Å². The van der Waals surface area contributed by atoms with Gasteiger partial charge in [0.05, 0.1) is 0 Å². The molecule has 100 valence electrons. The fourth-order valence-electron chi connectivity index (χ4n) is 2.83. The lowest BCUT2D eigenvalue weighted by Gasteiger charge is -2.18. The molecule has 1 unspecified atom stereocenters. The van der Waals surface area contributed by atoms with Crippen LogP contribution in [0, 0.1) is 6.92 Å². The fraction of sp³-hybridized carbons (Fsp3) is 0.438. The second kappa shape index (κ2) is 5.85. The molecule has 0 amide bonds. The van der Waals surface area contributed by atoms with Crippen LogP contribution in [0.15, 0.2) is 30.5 Å². The van der Waals surface area contributed by atoms with E-state index in [-0.39, 0.29) is 0 Å². The van der Waals surface area contributed by atoms with Crippen LogP contribution in [0.2, 0.25) is 0 Å². The van der Waals surface area contributed by atoms with E-state index in [0.717, 1.165) is 6.54 Å². The number of nitrogens with zero attached hydrogens (tertiary/aromatic N) is 1. The van der Waals surface area contributed by atoms with E-state index in [9.17, 15) is 0 Å². The number of benzene rings is 1. The molecule has 3 heteroatoms. The first-order valence-electron chi connectivity index (χ1n) is 7.05. The maximum absolute atomic E-state index is 4.44. The lowest BCUT2D eigenvalue weighted by molar-refractivity contribution is 0.488. The van der Waals surface area contributed by atoms with Crippen LogP contribution in [-0.2, 0) is 13.0 Å². The molecule has 3 rings (SSSR count). The minimum Gasteiger partial charge on any atom is -0.304 e. The second-order valence-electron chi connectivity index (χ2n) is 5.24. The molecule has 0 spiro atoms. The Morgan fingerprint density at radius 3 is 3.05 bits per heavy atom. The standard InChI is InChI=1S/C16H20N2S/c1-12-10-18-16(19-12)11-17-15-9-5-3-7-13-6-2-4-8-14(13)15/h2,4,6,8,10,15,17H,3,5,7,9,11H2,1H3. The third-order valence-electron chi connectivity index (χ3n) is 3.79. The summed E-state index contributed by atoms with van der Waals surface area (Å²) >= 11 is 1.79. The van der Waals surface area contributed by atoms with Crippen LogP contribution in [0.1, 0.15) is 46.3 Å². The minimum atomic E-state index is 0.489. The van der Waals surface area contributed by atoms with Gasteiger partial charge in [0.2, 0.25) is 0 Å². The van der Waals surface area contributed by atoms with Crippen LogP contribution >= 0.6 is 11.3 Å². The van der Waals surface area contributed by atoms with Gasteiger partial charge in [-0.2, -0.15) is 0 Å². The molecule has 1 aliphatic carbocycles. The Labute approximate surface area is 118 Å². The fourth-order valence-corrected chi connectivity index (χ4v) is 3.56. The molecule has 0 bridgehead atoms. The van der Waals surface area contributed by atoms with Crippen LogP contribution in [0.4, 0.5) is 0 Å². The van der Waals surface area contributed by atoms with Crippen molar-refractivity contribution in [2.24, 2.45) is 0 Å². The molecular weight excluding hydrogens is 252 g/mol. The van der Waals surface area contributed by atoms with Crippen molar-refractivity contribution in [3.05, 3.63) is 51.5 Å². The summed E-state index contributed by atoms with van der Waals surface area (Å²) < 4.78 is 0. The highest BCUT2D eigenvalue weighted by atomic mass is 32.1. The lowest BCUT2D eigenvalue weighted by atomic mass is 9.99. The third-order valence-corrected chi connectivity index (χ3v) is 4.70. The van der Waals surface area contributed by atoms with Gasteiger partial charge in [-0.05, 0) is 37.3 Å². The molecule has 2 nitrogen and oxygen atoms in total. The zero-order chi connectivity index (χ0) is 13.1. The van der Waals surface area contributed by atoms with Crippen LogP contribution in [0.25, 0.3) is 0 Å². The summed E-state index contributed by atoms with van der Waals surface area (Å²) in [4.78, 5) is 5.73. The van der Waals surface area contributed by atoms with Crippen molar-refractivity contribution in [3.63, 3.8) is 0 Å². The maximum Gasteiger partial charge on any atom is 0.107 e. The topological polar surface area (TPSA) is 24.9 Å². The van der Waals surface area contributed by atoms with Gasteiger partial charge in [-0.3, -0.25) is 0 Å². The Kier molecular flexibility index (Phi) is 3.95. The largest absolute Gasteiger partial charge is 0.304 e. The highest BCUT2D eigenvalue weighted by Gasteiger charge is 2.17. The summed E-state index contributed by atoms with van der Waals surface area (Å²) in [7, 11) is 0. The summed E-state index contributed by atoms with van der Waals surface area (Å²) in [6, 6.07) is 9.37. The average molecular weight is 272 g/mol. The second-order valence-corrected chi connectivity index (χ2v) is 6.56. The maximum atomic E-state index is 4.44. The van der Waals surface area contributed by atoms with Gasteiger partial charge in [-0.25, -0.2) is 4.98 Å². The first-order chi connectivity index (χ1) is 9.33. The van der Waals surface area contributed by atoms with Crippen LogP contribution in [-0.4, -0.2) is 4.98 Å². The van der Waals surface area contributed by atoms with E-state index >= 15 is 0 Å². The van der Waals surface area contributed by atoms with Gasteiger partial charge in [-0.15, -0.1) is 11.3 Å². The Hall–Kier alpha value is -1.19. The van der Waals surface area contributed by atoms with Gasteiger partial charge >= 0.3 is 0 Å². The van der Waals surface area contributed by atoms with E-state index in [2.05, 4.69) is 41.5 Å². The number of aromatic nitrogens is 1. The highest BCUT2D eigenvalue weighted by molar-refractivity contribution is 7.11. The molecule has 1 aromatic carbocycles. The number of rotatable bonds is 3. The van der Waals surface area contributed by atoms with Crippen molar-refractivity contribution in [1.82, 2.24) is 10.3 Å². The Balaban J connectivity index is 1.73. The van der Waals surface area contributed by atoms with Gasteiger partial charge in [0.1, 0.15) is 5.01 Å². The molecule has 1 heterocycles. The first kappa shape index (κ1) is 12.8. The predicted octanol–water partition coefficient (Wildman–Crippen LogP) is 4.01.